The fraction of sp³-hybridized carbons (Fsp3) is 0.111. The zero-order chi connectivity index (χ0) is 10.4. The normalized spacial score (nSPS) is 10.1. The van der Waals surface area contributed by atoms with Gasteiger partial charge in [-0.15, -0.1) is 0 Å². The Morgan fingerprint density at radius 3 is 2.93 bits per heavy atom. The summed E-state index contributed by atoms with van der Waals surface area (Å²) >= 11 is 3.35. The molecular weight excluding hydrogens is 248 g/mol. The monoisotopic (exact) mass is 256 g/mol. The fourth-order valence-corrected chi connectivity index (χ4v) is 1.17. The molecule has 0 aliphatic heterocycles. The van der Waals surface area contributed by atoms with Crippen LogP contribution >= 0.6 is 15.9 Å². The highest BCUT2D eigenvalue weighted by Crippen LogP contribution is 2.13. The SMILES string of the molecule is COC(=O)N/N=C\c1ccccc1Br. The molecule has 0 saturated heterocycles. The largest absolute Gasteiger partial charge is 0.452 e. The molecule has 0 aliphatic carbocycles. The Kier molecular flexibility index (Phi) is 4.12. The summed E-state index contributed by atoms with van der Waals surface area (Å²) in [6.07, 6.45) is 0.939. The number of benzene rings is 1. The molecule has 1 aromatic rings. The van der Waals surface area contributed by atoms with E-state index < -0.39 is 6.09 Å². The molecule has 0 aliphatic rings. The first-order valence-electron chi connectivity index (χ1n) is 3.85. The van der Waals surface area contributed by atoms with Crippen molar-refractivity contribution in [3.63, 3.8) is 0 Å². The number of nitrogens with zero attached hydrogens (tertiary/aromatic N) is 1. The number of hydrogen-bond acceptors (Lipinski definition) is 3. The van der Waals surface area contributed by atoms with Crippen molar-refractivity contribution in [3.05, 3.63) is 34.3 Å². The van der Waals surface area contributed by atoms with Crippen molar-refractivity contribution in [1.82, 2.24) is 5.43 Å². The fourth-order valence-electron chi connectivity index (χ4n) is 0.780. The summed E-state index contributed by atoms with van der Waals surface area (Å²) in [5.41, 5.74) is 3.07. The van der Waals surface area contributed by atoms with Crippen molar-refractivity contribution < 1.29 is 9.53 Å². The van der Waals surface area contributed by atoms with E-state index >= 15 is 0 Å². The van der Waals surface area contributed by atoms with E-state index in [0.717, 1.165) is 10.0 Å². The minimum atomic E-state index is -0.590. The van der Waals surface area contributed by atoms with Crippen LogP contribution in [0.3, 0.4) is 0 Å². The molecule has 1 rings (SSSR count). The lowest BCUT2D eigenvalue weighted by Crippen LogP contribution is -2.16. The van der Waals surface area contributed by atoms with E-state index in [1.807, 2.05) is 24.3 Å². The second-order valence-electron chi connectivity index (χ2n) is 2.38. The Bertz CT molecular complexity index is 352. The lowest BCUT2D eigenvalue weighted by atomic mass is 10.2. The van der Waals surface area contributed by atoms with Crippen LogP contribution < -0.4 is 5.43 Å². The van der Waals surface area contributed by atoms with Gasteiger partial charge < -0.3 is 4.74 Å². The Morgan fingerprint density at radius 1 is 1.57 bits per heavy atom. The van der Waals surface area contributed by atoms with Gasteiger partial charge in [-0.05, 0) is 6.07 Å². The first-order valence-corrected chi connectivity index (χ1v) is 4.65. The molecule has 0 atom stereocenters. The lowest BCUT2D eigenvalue weighted by molar-refractivity contribution is 0.171. The maximum atomic E-state index is 10.6. The molecule has 0 heterocycles. The number of rotatable bonds is 2. The van der Waals surface area contributed by atoms with Crippen LogP contribution in [-0.2, 0) is 4.74 Å². The van der Waals surface area contributed by atoms with E-state index in [9.17, 15) is 4.79 Å². The highest BCUT2D eigenvalue weighted by Gasteiger charge is 1.95. The average molecular weight is 257 g/mol. The van der Waals surface area contributed by atoms with Crippen molar-refractivity contribution in [1.29, 1.82) is 0 Å². The van der Waals surface area contributed by atoms with Crippen molar-refractivity contribution in [2.45, 2.75) is 0 Å². The summed E-state index contributed by atoms with van der Waals surface area (Å²) in [6.45, 7) is 0. The zero-order valence-electron chi connectivity index (χ0n) is 7.53. The van der Waals surface area contributed by atoms with Gasteiger partial charge in [-0.2, -0.15) is 5.10 Å². The minimum absolute atomic E-state index is 0.590. The zero-order valence-corrected chi connectivity index (χ0v) is 9.11. The van der Waals surface area contributed by atoms with E-state index in [1.165, 1.54) is 13.3 Å². The van der Waals surface area contributed by atoms with Gasteiger partial charge in [0.15, 0.2) is 0 Å². The summed E-state index contributed by atoms with van der Waals surface area (Å²) in [4.78, 5) is 10.6. The van der Waals surface area contributed by atoms with Gasteiger partial charge in [0.1, 0.15) is 0 Å². The summed E-state index contributed by atoms with van der Waals surface area (Å²) in [7, 11) is 1.28. The van der Waals surface area contributed by atoms with Crippen molar-refractivity contribution in [2.75, 3.05) is 7.11 Å². The standard InChI is InChI=1S/C9H9BrN2O2/c1-14-9(13)12-11-6-7-4-2-3-5-8(7)10/h2-6H,1H3,(H,12,13)/b11-6-. The Hall–Kier alpha value is -1.36. The van der Waals surface area contributed by atoms with Crippen LogP contribution in [0.2, 0.25) is 0 Å². The number of carbonyl (C=O) groups excluding carboxylic acids is 1. The van der Waals surface area contributed by atoms with E-state index in [0.29, 0.717) is 0 Å². The lowest BCUT2D eigenvalue weighted by Gasteiger charge is -1.97. The summed E-state index contributed by atoms with van der Waals surface area (Å²) in [5.74, 6) is 0. The van der Waals surface area contributed by atoms with Gasteiger partial charge in [0, 0.05) is 10.0 Å². The maximum absolute atomic E-state index is 10.6. The number of ether oxygens (including phenoxy) is 1. The number of nitrogens with one attached hydrogen (secondary N) is 1. The Labute approximate surface area is 90.1 Å². The number of hydrazone groups is 1. The van der Waals surface area contributed by atoms with E-state index in [4.69, 9.17) is 0 Å². The molecule has 1 amide bonds. The quantitative estimate of drug-likeness (QED) is 0.651. The number of carbonyl (C=O) groups is 1. The van der Waals surface area contributed by atoms with Gasteiger partial charge >= 0.3 is 6.09 Å². The van der Waals surface area contributed by atoms with Crippen LogP contribution in [0.5, 0.6) is 0 Å². The van der Waals surface area contributed by atoms with Gasteiger partial charge in [0.05, 0.1) is 13.3 Å². The number of halogens is 1. The molecule has 0 saturated carbocycles. The molecule has 1 N–H and O–H groups in total. The Balaban J connectivity index is 2.60. The summed E-state index contributed by atoms with van der Waals surface area (Å²) < 4.78 is 5.26. The summed E-state index contributed by atoms with van der Waals surface area (Å²) in [6, 6.07) is 7.53. The predicted molar refractivity (Wildman–Crippen MR) is 57.3 cm³/mol. The number of methoxy groups -OCH3 is 1. The molecule has 0 aromatic heterocycles. The molecule has 74 valence electrons. The first kappa shape index (κ1) is 10.7. The molecule has 0 bridgehead atoms. The molecule has 0 spiro atoms. The minimum Gasteiger partial charge on any atom is -0.452 e. The van der Waals surface area contributed by atoms with E-state index in [1.54, 1.807) is 0 Å². The number of hydrogen-bond donors (Lipinski definition) is 1. The van der Waals surface area contributed by atoms with Crippen LogP contribution in [0.25, 0.3) is 0 Å². The highest BCUT2D eigenvalue weighted by atomic mass is 79.9. The molecule has 4 nitrogen and oxygen atoms in total. The predicted octanol–water partition coefficient (Wildman–Crippen LogP) is 2.14. The molecule has 0 fully saturated rings. The van der Waals surface area contributed by atoms with Crippen molar-refractivity contribution >= 4 is 28.2 Å². The topological polar surface area (TPSA) is 50.7 Å². The molecule has 5 heteroatoms. The van der Waals surface area contributed by atoms with Crippen LogP contribution in [-0.4, -0.2) is 19.4 Å². The van der Waals surface area contributed by atoms with Gasteiger partial charge in [-0.1, -0.05) is 34.1 Å². The molecular formula is C9H9BrN2O2. The first-order chi connectivity index (χ1) is 6.74. The van der Waals surface area contributed by atoms with Gasteiger partial charge in [-0.3, -0.25) is 0 Å². The highest BCUT2D eigenvalue weighted by molar-refractivity contribution is 9.10. The van der Waals surface area contributed by atoms with Crippen molar-refractivity contribution in [3.8, 4) is 0 Å². The van der Waals surface area contributed by atoms with Gasteiger partial charge in [0.2, 0.25) is 0 Å². The smallest absolute Gasteiger partial charge is 0.427 e. The second-order valence-corrected chi connectivity index (χ2v) is 3.24. The number of amides is 1. The molecule has 14 heavy (non-hydrogen) atoms. The van der Waals surface area contributed by atoms with Gasteiger partial charge in [-0.25, -0.2) is 10.2 Å². The Morgan fingerprint density at radius 2 is 2.29 bits per heavy atom. The third-order valence-electron chi connectivity index (χ3n) is 1.45. The molecule has 1 aromatic carbocycles. The van der Waals surface area contributed by atoms with Crippen molar-refractivity contribution in [2.24, 2.45) is 5.10 Å². The third kappa shape index (κ3) is 3.18. The van der Waals surface area contributed by atoms with Crippen LogP contribution in [0, 0.1) is 0 Å². The average Bonchev–Trinajstić information content (AvgIpc) is 2.20. The van der Waals surface area contributed by atoms with Crippen LogP contribution in [0.1, 0.15) is 5.56 Å². The summed E-state index contributed by atoms with van der Waals surface area (Å²) in [5, 5.41) is 3.69. The molecule has 0 unspecified atom stereocenters. The molecule has 0 radical (unpaired) electrons. The third-order valence-corrected chi connectivity index (χ3v) is 2.17. The van der Waals surface area contributed by atoms with E-state index in [2.05, 4.69) is 31.2 Å². The second kappa shape index (κ2) is 5.39. The van der Waals surface area contributed by atoms with Crippen LogP contribution in [0.15, 0.2) is 33.8 Å². The van der Waals surface area contributed by atoms with Gasteiger partial charge in [0.25, 0.3) is 0 Å². The van der Waals surface area contributed by atoms with Crippen LogP contribution in [0.4, 0.5) is 4.79 Å². The maximum Gasteiger partial charge on any atom is 0.427 e. The van der Waals surface area contributed by atoms with E-state index in [-0.39, 0.29) is 0 Å².